The highest BCUT2D eigenvalue weighted by Crippen LogP contribution is 2.30. The summed E-state index contributed by atoms with van der Waals surface area (Å²) in [5, 5.41) is 0. The Hall–Kier alpha value is -4.10. The van der Waals surface area contributed by atoms with Crippen LogP contribution in [0.5, 0.6) is 0 Å². The molecule has 0 radical (unpaired) electrons. The summed E-state index contributed by atoms with van der Waals surface area (Å²) in [6, 6.07) is 26.4. The minimum absolute atomic E-state index is 0.138. The number of anilines is 1. The fourth-order valence-corrected chi connectivity index (χ4v) is 4.69. The summed E-state index contributed by atoms with van der Waals surface area (Å²) in [6.45, 7) is -0.138. The van der Waals surface area contributed by atoms with Gasteiger partial charge in [-0.3, -0.25) is 9.78 Å². The highest BCUT2D eigenvalue weighted by atomic mass is 32.2. The van der Waals surface area contributed by atoms with Crippen molar-refractivity contribution < 1.29 is 18.0 Å². The van der Waals surface area contributed by atoms with Crippen LogP contribution in [-0.4, -0.2) is 38.4 Å². The van der Waals surface area contributed by atoms with E-state index in [1.165, 1.54) is 11.2 Å². The van der Waals surface area contributed by atoms with Gasteiger partial charge in [0.25, 0.3) is 5.91 Å². The van der Waals surface area contributed by atoms with Gasteiger partial charge in [0, 0.05) is 29.3 Å². The number of aromatic nitrogens is 1. The topological polar surface area (TPSA) is 84.4 Å². The van der Waals surface area contributed by atoms with Gasteiger partial charge < -0.3 is 9.69 Å². The number of carbonyl (C=O) groups is 2. The molecule has 0 aliphatic rings. The second-order valence-corrected chi connectivity index (χ2v) is 9.65. The summed E-state index contributed by atoms with van der Waals surface area (Å²) in [7, 11) is -3.42. The maximum absolute atomic E-state index is 13.5. The van der Waals surface area contributed by atoms with Crippen molar-refractivity contribution in [3.05, 3.63) is 103 Å². The Morgan fingerprint density at radius 3 is 2.21 bits per heavy atom. The van der Waals surface area contributed by atoms with Gasteiger partial charge in [-0.2, -0.15) is 0 Å². The fourth-order valence-electron chi connectivity index (χ4n) is 3.78. The molecule has 0 N–H and O–H groups in total. The largest absolute Gasteiger partial charge is 0.301 e. The average Bonchev–Trinajstić information content (AvgIpc) is 2.87. The molecule has 0 aliphatic carbocycles. The van der Waals surface area contributed by atoms with Gasteiger partial charge in [-0.1, -0.05) is 60.7 Å². The normalized spacial score (nSPS) is 11.1. The van der Waals surface area contributed by atoms with Crippen LogP contribution in [0.3, 0.4) is 0 Å². The zero-order valence-electron chi connectivity index (χ0n) is 18.5. The summed E-state index contributed by atoms with van der Waals surface area (Å²) in [6.07, 6.45) is 3.46. The molecule has 4 aromatic rings. The SMILES string of the molecule is CS(=O)(=O)c1ccccc1-c1ccc(N(CC=O)C(=O)c2cccnc2-c2ccccc2)cc1. The van der Waals surface area contributed by atoms with E-state index >= 15 is 0 Å². The quantitative estimate of drug-likeness (QED) is 0.367. The molecule has 1 heterocycles. The molecule has 0 unspecified atom stereocenters. The Morgan fingerprint density at radius 2 is 1.53 bits per heavy atom. The second kappa shape index (κ2) is 9.80. The summed E-state index contributed by atoms with van der Waals surface area (Å²) >= 11 is 0. The number of sulfone groups is 1. The first-order valence-corrected chi connectivity index (χ1v) is 12.4. The van der Waals surface area contributed by atoms with E-state index < -0.39 is 9.84 Å². The molecule has 0 aliphatic heterocycles. The number of benzene rings is 3. The highest BCUT2D eigenvalue weighted by molar-refractivity contribution is 7.90. The fraction of sp³-hybridized carbons (Fsp3) is 0.0741. The third-order valence-corrected chi connectivity index (χ3v) is 6.52. The van der Waals surface area contributed by atoms with Crippen molar-refractivity contribution in [1.82, 2.24) is 4.98 Å². The molecule has 0 bridgehead atoms. The molecule has 0 fully saturated rings. The van der Waals surface area contributed by atoms with Gasteiger partial charge in [0.1, 0.15) is 6.29 Å². The van der Waals surface area contributed by atoms with E-state index in [9.17, 15) is 18.0 Å². The average molecular weight is 471 g/mol. The summed E-state index contributed by atoms with van der Waals surface area (Å²) in [4.78, 5) is 31.0. The maximum Gasteiger partial charge on any atom is 0.260 e. The van der Waals surface area contributed by atoms with Crippen molar-refractivity contribution in [1.29, 1.82) is 0 Å². The Kier molecular flexibility index (Phi) is 6.65. The number of pyridine rings is 1. The predicted molar refractivity (Wildman–Crippen MR) is 132 cm³/mol. The molecule has 34 heavy (non-hydrogen) atoms. The summed E-state index contributed by atoms with van der Waals surface area (Å²) in [5.74, 6) is -0.358. The Balaban J connectivity index is 1.72. The van der Waals surface area contributed by atoms with Crippen LogP contribution in [0, 0.1) is 0 Å². The van der Waals surface area contributed by atoms with Crippen LogP contribution in [0.4, 0.5) is 5.69 Å². The molecule has 6 nitrogen and oxygen atoms in total. The first-order valence-electron chi connectivity index (χ1n) is 10.6. The molecule has 1 amide bonds. The molecule has 0 saturated heterocycles. The molecule has 0 saturated carbocycles. The lowest BCUT2D eigenvalue weighted by molar-refractivity contribution is -0.106. The number of nitrogens with zero attached hydrogens (tertiary/aromatic N) is 2. The standard InChI is InChI=1S/C27H22N2O4S/c1-34(32,33)25-12-6-5-10-23(25)20-13-15-22(16-14-20)29(18-19-30)27(31)24-11-7-17-28-26(24)21-8-3-2-4-9-21/h2-17,19H,18H2,1H3. The number of hydrogen-bond acceptors (Lipinski definition) is 5. The molecule has 170 valence electrons. The third kappa shape index (κ3) is 4.79. The molecule has 7 heteroatoms. The van der Waals surface area contributed by atoms with Crippen LogP contribution >= 0.6 is 0 Å². The lowest BCUT2D eigenvalue weighted by Crippen LogP contribution is -2.33. The summed E-state index contributed by atoms with van der Waals surface area (Å²) in [5.41, 5.74) is 3.48. The third-order valence-electron chi connectivity index (χ3n) is 5.36. The Morgan fingerprint density at radius 1 is 0.853 bits per heavy atom. The van der Waals surface area contributed by atoms with E-state index in [-0.39, 0.29) is 17.3 Å². The van der Waals surface area contributed by atoms with Crippen LogP contribution in [0.25, 0.3) is 22.4 Å². The highest BCUT2D eigenvalue weighted by Gasteiger charge is 2.22. The van der Waals surface area contributed by atoms with E-state index in [0.717, 1.165) is 5.56 Å². The molecule has 3 aromatic carbocycles. The van der Waals surface area contributed by atoms with Gasteiger partial charge in [-0.05, 0) is 35.9 Å². The number of aldehydes is 1. The van der Waals surface area contributed by atoms with Crippen molar-refractivity contribution in [3.8, 4) is 22.4 Å². The monoisotopic (exact) mass is 470 g/mol. The molecular weight excluding hydrogens is 448 g/mol. The summed E-state index contributed by atoms with van der Waals surface area (Å²) < 4.78 is 24.4. The minimum atomic E-state index is -3.42. The molecule has 0 spiro atoms. The number of carbonyl (C=O) groups excluding carboxylic acids is 2. The van der Waals surface area contributed by atoms with Gasteiger partial charge in [0.15, 0.2) is 9.84 Å². The molecule has 4 rings (SSSR count). The first-order chi connectivity index (χ1) is 16.4. The van der Waals surface area contributed by atoms with Crippen molar-refractivity contribution in [3.63, 3.8) is 0 Å². The zero-order valence-corrected chi connectivity index (χ0v) is 19.3. The van der Waals surface area contributed by atoms with Crippen molar-refractivity contribution in [2.45, 2.75) is 4.90 Å². The van der Waals surface area contributed by atoms with E-state index in [2.05, 4.69) is 4.98 Å². The minimum Gasteiger partial charge on any atom is -0.301 e. The van der Waals surface area contributed by atoms with Gasteiger partial charge in [-0.15, -0.1) is 0 Å². The van der Waals surface area contributed by atoms with E-state index in [1.807, 2.05) is 30.3 Å². The molecule has 0 atom stereocenters. The van der Waals surface area contributed by atoms with Crippen molar-refractivity contribution in [2.75, 3.05) is 17.7 Å². The first kappa shape index (κ1) is 23.1. The van der Waals surface area contributed by atoms with Gasteiger partial charge in [0.05, 0.1) is 22.7 Å². The van der Waals surface area contributed by atoms with Crippen LogP contribution in [0.1, 0.15) is 10.4 Å². The van der Waals surface area contributed by atoms with Gasteiger partial charge in [-0.25, -0.2) is 8.42 Å². The number of amides is 1. The van der Waals surface area contributed by atoms with E-state index in [0.29, 0.717) is 34.4 Å². The van der Waals surface area contributed by atoms with Crippen molar-refractivity contribution >= 4 is 27.7 Å². The van der Waals surface area contributed by atoms with Crippen molar-refractivity contribution in [2.24, 2.45) is 0 Å². The van der Waals surface area contributed by atoms with E-state index in [1.54, 1.807) is 66.9 Å². The Labute approximate surface area is 198 Å². The number of hydrogen-bond donors (Lipinski definition) is 0. The zero-order chi connectivity index (χ0) is 24.1. The van der Waals surface area contributed by atoms with Crippen LogP contribution < -0.4 is 4.90 Å². The predicted octanol–water partition coefficient (Wildman–Crippen LogP) is 4.66. The van der Waals surface area contributed by atoms with Crippen LogP contribution in [-0.2, 0) is 14.6 Å². The smallest absolute Gasteiger partial charge is 0.260 e. The Bertz CT molecular complexity index is 1430. The van der Waals surface area contributed by atoms with Gasteiger partial charge >= 0.3 is 0 Å². The van der Waals surface area contributed by atoms with Gasteiger partial charge in [0.2, 0.25) is 0 Å². The van der Waals surface area contributed by atoms with Crippen LogP contribution in [0.2, 0.25) is 0 Å². The molecule has 1 aromatic heterocycles. The number of rotatable bonds is 7. The van der Waals surface area contributed by atoms with Crippen LogP contribution in [0.15, 0.2) is 102 Å². The lowest BCUT2D eigenvalue weighted by atomic mass is 10.0. The second-order valence-electron chi connectivity index (χ2n) is 7.66. The maximum atomic E-state index is 13.5. The lowest BCUT2D eigenvalue weighted by Gasteiger charge is -2.22. The molecular formula is C27H22N2O4S. The van der Waals surface area contributed by atoms with E-state index in [4.69, 9.17) is 0 Å².